The second-order valence-electron chi connectivity index (χ2n) is 5.15. The molecular weight excluding hydrogens is 270 g/mol. The van der Waals surface area contributed by atoms with E-state index in [2.05, 4.69) is 24.4 Å². The van der Waals surface area contributed by atoms with E-state index in [1.165, 1.54) is 0 Å². The van der Waals surface area contributed by atoms with E-state index in [-0.39, 0.29) is 0 Å². The molecule has 0 aliphatic carbocycles. The molecule has 0 N–H and O–H groups in total. The van der Waals surface area contributed by atoms with Gasteiger partial charge in [-0.05, 0) is 6.92 Å². The second kappa shape index (κ2) is 5.59. The number of anilines is 1. The molecule has 0 radical (unpaired) electrons. The predicted molar refractivity (Wildman–Crippen MR) is 77.8 cm³/mol. The molecule has 2 aromatic heterocycles. The molecule has 3 heterocycles. The van der Waals surface area contributed by atoms with Gasteiger partial charge in [-0.2, -0.15) is 9.97 Å². The highest BCUT2D eigenvalue weighted by Crippen LogP contribution is 2.26. The topological polar surface area (TPSA) is 65.3 Å². The molecule has 0 spiro atoms. The van der Waals surface area contributed by atoms with Crippen LogP contribution in [0.15, 0.2) is 18.5 Å². The van der Waals surface area contributed by atoms with Crippen molar-refractivity contribution in [3.8, 4) is 11.8 Å². The molecule has 21 heavy (non-hydrogen) atoms. The van der Waals surface area contributed by atoms with Crippen molar-refractivity contribution in [1.82, 2.24) is 19.5 Å². The Morgan fingerprint density at radius 3 is 2.38 bits per heavy atom. The van der Waals surface area contributed by atoms with Crippen LogP contribution in [-0.2, 0) is 6.54 Å². The first-order chi connectivity index (χ1) is 10.2. The fourth-order valence-corrected chi connectivity index (χ4v) is 2.47. The highest BCUT2D eigenvalue weighted by atomic mass is 16.5. The fourth-order valence-electron chi connectivity index (χ4n) is 2.47. The number of aromatic nitrogens is 4. The Balaban J connectivity index is 1.64. The van der Waals surface area contributed by atoms with Crippen LogP contribution in [-0.4, -0.2) is 46.8 Å². The molecule has 0 aromatic carbocycles. The molecule has 0 saturated carbocycles. The van der Waals surface area contributed by atoms with Crippen LogP contribution in [0.25, 0.3) is 0 Å². The van der Waals surface area contributed by atoms with E-state index >= 15 is 0 Å². The summed E-state index contributed by atoms with van der Waals surface area (Å²) in [6.07, 6.45) is 3.85. The Labute approximate surface area is 123 Å². The molecule has 1 fully saturated rings. The van der Waals surface area contributed by atoms with Crippen LogP contribution >= 0.6 is 0 Å². The van der Waals surface area contributed by atoms with Crippen molar-refractivity contribution >= 4 is 5.95 Å². The first-order valence-electron chi connectivity index (χ1n) is 6.89. The molecule has 0 unspecified atom stereocenters. The monoisotopic (exact) mass is 289 g/mol. The molecule has 2 aromatic rings. The van der Waals surface area contributed by atoms with E-state index in [9.17, 15) is 0 Å². The SMILES string of the molecule is COc1cc(OC)nc(N2CC(Cn3ccnc3C)C2)n1. The molecule has 7 nitrogen and oxygen atoms in total. The second-order valence-corrected chi connectivity index (χ2v) is 5.15. The zero-order chi connectivity index (χ0) is 14.8. The lowest BCUT2D eigenvalue weighted by atomic mass is 10.0. The molecular formula is C14H19N5O2. The Hall–Kier alpha value is -2.31. The first-order valence-corrected chi connectivity index (χ1v) is 6.89. The van der Waals surface area contributed by atoms with Crippen LogP contribution in [0.2, 0.25) is 0 Å². The first kappa shape index (κ1) is 13.7. The number of aryl methyl sites for hydroxylation is 1. The Morgan fingerprint density at radius 1 is 1.19 bits per heavy atom. The molecule has 1 saturated heterocycles. The van der Waals surface area contributed by atoms with Gasteiger partial charge in [-0.15, -0.1) is 0 Å². The van der Waals surface area contributed by atoms with Crippen molar-refractivity contribution in [2.45, 2.75) is 13.5 Å². The summed E-state index contributed by atoms with van der Waals surface area (Å²) >= 11 is 0. The number of nitrogens with zero attached hydrogens (tertiary/aromatic N) is 5. The molecule has 1 aliphatic heterocycles. The fraction of sp³-hybridized carbons (Fsp3) is 0.500. The lowest BCUT2D eigenvalue weighted by molar-refractivity contribution is 0.339. The molecule has 1 aliphatic rings. The highest BCUT2D eigenvalue weighted by molar-refractivity contribution is 5.39. The zero-order valence-electron chi connectivity index (χ0n) is 12.5. The number of ether oxygens (including phenoxy) is 2. The highest BCUT2D eigenvalue weighted by Gasteiger charge is 2.29. The molecule has 0 amide bonds. The summed E-state index contributed by atoms with van der Waals surface area (Å²) < 4.78 is 12.5. The van der Waals surface area contributed by atoms with Crippen LogP contribution in [0, 0.1) is 12.8 Å². The smallest absolute Gasteiger partial charge is 0.231 e. The Kier molecular flexibility index (Phi) is 3.64. The standard InChI is InChI=1S/C14H19N5O2/c1-10-15-4-5-18(10)7-11-8-19(9-11)14-16-12(20-2)6-13(17-14)21-3/h4-6,11H,7-9H2,1-3H3. The summed E-state index contributed by atoms with van der Waals surface area (Å²) in [6, 6.07) is 1.68. The normalized spacial score (nSPS) is 14.9. The van der Waals surface area contributed by atoms with E-state index < -0.39 is 0 Å². The zero-order valence-corrected chi connectivity index (χ0v) is 12.5. The van der Waals surface area contributed by atoms with Crippen molar-refractivity contribution in [3.63, 3.8) is 0 Å². The minimum Gasteiger partial charge on any atom is -0.481 e. The maximum Gasteiger partial charge on any atom is 0.231 e. The van der Waals surface area contributed by atoms with E-state index in [0.717, 1.165) is 25.5 Å². The average Bonchev–Trinajstić information content (AvgIpc) is 2.87. The van der Waals surface area contributed by atoms with Crippen molar-refractivity contribution in [2.24, 2.45) is 5.92 Å². The minimum absolute atomic E-state index is 0.519. The van der Waals surface area contributed by atoms with Crippen LogP contribution in [0.5, 0.6) is 11.8 Å². The summed E-state index contributed by atoms with van der Waals surface area (Å²) in [5.74, 6) is 3.33. The van der Waals surface area contributed by atoms with Gasteiger partial charge < -0.3 is 18.9 Å². The van der Waals surface area contributed by atoms with Gasteiger partial charge in [-0.3, -0.25) is 0 Å². The van der Waals surface area contributed by atoms with Gasteiger partial charge in [0.1, 0.15) is 5.82 Å². The number of hydrogen-bond acceptors (Lipinski definition) is 6. The van der Waals surface area contributed by atoms with Crippen LogP contribution in [0.1, 0.15) is 5.82 Å². The summed E-state index contributed by atoms with van der Waals surface area (Å²) in [7, 11) is 3.18. The van der Waals surface area contributed by atoms with E-state index in [1.807, 2.05) is 19.3 Å². The molecule has 0 bridgehead atoms. The third-order valence-corrected chi connectivity index (χ3v) is 3.70. The lowest BCUT2D eigenvalue weighted by Gasteiger charge is -2.39. The largest absolute Gasteiger partial charge is 0.481 e. The maximum atomic E-state index is 5.17. The van der Waals surface area contributed by atoms with E-state index in [0.29, 0.717) is 23.6 Å². The third-order valence-electron chi connectivity index (χ3n) is 3.70. The third kappa shape index (κ3) is 2.76. The van der Waals surface area contributed by atoms with Crippen LogP contribution in [0.3, 0.4) is 0 Å². The van der Waals surface area contributed by atoms with Gasteiger partial charge in [0.25, 0.3) is 0 Å². The maximum absolute atomic E-state index is 5.17. The van der Waals surface area contributed by atoms with Gasteiger partial charge in [0, 0.05) is 37.9 Å². The molecule has 112 valence electrons. The number of hydrogen-bond donors (Lipinski definition) is 0. The van der Waals surface area contributed by atoms with Gasteiger partial charge >= 0.3 is 0 Å². The van der Waals surface area contributed by atoms with Gasteiger partial charge in [-0.1, -0.05) is 0 Å². The van der Waals surface area contributed by atoms with Gasteiger partial charge in [0.05, 0.1) is 20.3 Å². The molecule has 3 rings (SSSR count). The van der Waals surface area contributed by atoms with Crippen LogP contribution in [0.4, 0.5) is 5.95 Å². The number of methoxy groups -OCH3 is 2. The van der Waals surface area contributed by atoms with Gasteiger partial charge in [0.2, 0.25) is 17.7 Å². The van der Waals surface area contributed by atoms with Crippen molar-refractivity contribution in [2.75, 3.05) is 32.2 Å². The Bertz CT molecular complexity index is 599. The summed E-state index contributed by atoms with van der Waals surface area (Å²) in [5, 5.41) is 0. The lowest BCUT2D eigenvalue weighted by Crippen LogP contribution is -2.49. The van der Waals surface area contributed by atoms with Crippen molar-refractivity contribution < 1.29 is 9.47 Å². The van der Waals surface area contributed by atoms with Gasteiger partial charge in [-0.25, -0.2) is 4.98 Å². The summed E-state index contributed by atoms with van der Waals surface area (Å²) in [6.45, 7) is 4.85. The molecule has 0 atom stereocenters. The summed E-state index contributed by atoms with van der Waals surface area (Å²) in [4.78, 5) is 15.1. The Morgan fingerprint density at radius 2 is 1.86 bits per heavy atom. The van der Waals surface area contributed by atoms with Crippen molar-refractivity contribution in [3.05, 3.63) is 24.3 Å². The summed E-state index contributed by atoms with van der Waals surface area (Å²) in [5.41, 5.74) is 0. The van der Waals surface area contributed by atoms with Gasteiger partial charge in [0.15, 0.2) is 0 Å². The van der Waals surface area contributed by atoms with Crippen LogP contribution < -0.4 is 14.4 Å². The van der Waals surface area contributed by atoms with E-state index in [4.69, 9.17) is 9.47 Å². The average molecular weight is 289 g/mol. The number of rotatable bonds is 5. The predicted octanol–water partition coefficient (Wildman–Crippen LogP) is 1.14. The molecule has 7 heteroatoms. The van der Waals surface area contributed by atoms with E-state index in [1.54, 1.807) is 20.3 Å². The minimum atomic E-state index is 0.519. The van der Waals surface area contributed by atoms with Crippen molar-refractivity contribution in [1.29, 1.82) is 0 Å². The quantitative estimate of drug-likeness (QED) is 0.822. The number of imidazole rings is 1.